The zero-order chi connectivity index (χ0) is 15.4. The lowest BCUT2D eigenvalue weighted by molar-refractivity contribution is 0.717. The van der Waals surface area contributed by atoms with Gasteiger partial charge in [0.25, 0.3) is 0 Å². The molecule has 0 aliphatic rings. The molecule has 2 rings (SSSR count). The molecule has 0 unspecified atom stereocenters. The number of rotatable bonds is 3. The maximum atomic E-state index is 5.38. The first-order valence-corrected chi connectivity index (χ1v) is 8.06. The summed E-state index contributed by atoms with van der Waals surface area (Å²) in [5.74, 6) is 0. The molecule has 0 amide bonds. The first-order chi connectivity index (χ1) is 9.95. The molecule has 0 aliphatic heterocycles. The van der Waals surface area contributed by atoms with Gasteiger partial charge >= 0.3 is 0 Å². The topological polar surface area (TPSA) is 24.1 Å². The van der Waals surface area contributed by atoms with Crippen LogP contribution in [0.3, 0.4) is 0 Å². The van der Waals surface area contributed by atoms with Gasteiger partial charge in [-0.2, -0.15) is 0 Å². The van der Waals surface area contributed by atoms with Crippen molar-refractivity contribution >= 4 is 38.9 Å². The molecule has 4 heteroatoms. The van der Waals surface area contributed by atoms with Crippen LogP contribution in [0.1, 0.15) is 29.7 Å². The second-order valence-corrected chi connectivity index (χ2v) is 6.51. The van der Waals surface area contributed by atoms with Crippen LogP contribution in [0.4, 0.5) is 5.69 Å². The third-order valence-corrected chi connectivity index (χ3v) is 4.09. The molecule has 0 heterocycles. The molecule has 2 aromatic rings. The predicted octanol–water partition coefficient (Wildman–Crippen LogP) is 5.11. The van der Waals surface area contributed by atoms with Crippen LogP contribution in [0.15, 0.2) is 46.9 Å². The van der Waals surface area contributed by atoms with Crippen molar-refractivity contribution in [2.75, 3.05) is 5.32 Å². The van der Waals surface area contributed by atoms with E-state index in [4.69, 9.17) is 12.2 Å². The van der Waals surface area contributed by atoms with Gasteiger partial charge in [0.05, 0.1) is 6.04 Å². The lowest BCUT2D eigenvalue weighted by Crippen LogP contribution is -2.31. The summed E-state index contributed by atoms with van der Waals surface area (Å²) in [5, 5.41) is 7.16. The fourth-order valence-corrected chi connectivity index (χ4v) is 2.85. The van der Waals surface area contributed by atoms with Gasteiger partial charge < -0.3 is 10.6 Å². The van der Waals surface area contributed by atoms with Gasteiger partial charge in [0.1, 0.15) is 0 Å². The molecule has 0 aromatic heterocycles. The molecule has 0 saturated heterocycles. The fraction of sp³-hybridized carbons (Fsp3) is 0.235. The van der Waals surface area contributed by atoms with Gasteiger partial charge in [-0.15, -0.1) is 0 Å². The Morgan fingerprint density at radius 1 is 1.10 bits per heavy atom. The Labute approximate surface area is 140 Å². The van der Waals surface area contributed by atoms with E-state index in [1.807, 2.05) is 24.3 Å². The van der Waals surface area contributed by atoms with E-state index in [0.717, 1.165) is 10.2 Å². The van der Waals surface area contributed by atoms with Crippen LogP contribution in [0, 0.1) is 13.8 Å². The Balaban J connectivity index is 2.00. The van der Waals surface area contributed by atoms with Crippen molar-refractivity contribution in [3.05, 3.63) is 63.6 Å². The Kier molecular flexibility index (Phi) is 5.37. The van der Waals surface area contributed by atoms with Gasteiger partial charge in [-0.3, -0.25) is 0 Å². The lowest BCUT2D eigenvalue weighted by atomic mass is 10.0. The van der Waals surface area contributed by atoms with Crippen molar-refractivity contribution in [3.63, 3.8) is 0 Å². The van der Waals surface area contributed by atoms with E-state index in [0.29, 0.717) is 5.11 Å². The maximum Gasteiger partial charge on any atom is 0.171 e. The summed E-state index contributed by atoms with van der Waals surface area (Å²) < 4.78 is 1.05. The van der Waals surface area contributed by atoms with Crippen LogP contribution in [0.25, 0.3) is 0 Å². The third-order valence-electron chi connectivity index (χ3n) is 3.34. The summed E-state index contributed by atoms with van der Waals surface area (Å²) in [6, 6.07) is 14.6. The van der Waals surface area contributed by atoms with Crippen LogP contribution in [0.2, 0.25) is 0 Å². The van der Waals surface area contributed by atoms with Crippen molar-refractivity contribution in [1.29, 1.82) is 0 Å². The molecule has 21 heavy (non-hydrogen) atoms. The van der Waals surface area contributed by atoms with Gasteiger partial charge in [-0.1, -0.05) is 39.7 Å². The molecule has 0 radical (unpaired) electrons. The molecular weight excluding hydrogens is 344 g/mol. The van der Waals surface area contributed by atoms with E-state index < -0.39 is 0 Å². The minimum absolute atomic E-state index is 0.168. The van der Waals surface area contributed by atoms with Gasteiger partial charge in [-0.25, -0.2) is 0 Å². The molecule has 1 atom stereocenters. The molecule has 0 saturated carbocycles. The van der Waals surface area contributed by atoms with Gasteiger partial charge in [0.2, 0.25) is 0 Å². The Hall–Kier alpha value is -1.39. The van der Waals surface area contributed by atoms with Crippen molar-refractivity contribution in [3.8, 4) is 0 Å². The Morgan fingerprint density at radius 2 is 1.76 bits per heavy atom. The number of nitrogens with one attached hydrogen (secondary N) is 2. The van der Waals surface area contributed by atoms with Crippen LogP contribution >= 0.6 is 28.1 Å². The molecule has 0 bridgehead atoms. The summed E-state index contributed by atoms with van der Waals surface area (Å²) >= 11 is 8.80. The third kappa shape index (κ3) is 4.55. The molecule has 0 aliphatic carbocycles. The van der Waals surface area contributed by atoms with Crippen LogP contribution in [-0.2, 0) is 0 Å². The highest BCUT2D eigenvalue weighted by Crippen LogP contribution is 2.19. The summed E-state index contributed by atoms with van der Waals surface area (Å²) in [4.78, 5) is 0. The SMILES string of the molecule is Cc1ccc([C@H](C)NC(=S)Nc2ccc(Br)cc2)c(C)c1. The molecule has 0 fully saturated rings. The standard InChI is InChI=1S/C17H19BrN2S/c1-11-4-9-16(12(2)10-11)13(3)19-17(21)20-15-7-5-14(18)6-8-15/h4-10,13H,1-3H3,(H2,19,20,21)/t13-/m0/s1. The first kappa shape index (κ1) is 16.0. The number of thiocarbonyl (C=S) groups is 1. The van der Waals surface area contributed by atoms with E-state index >= 15 is 0 Å². The van der Waals surface area contributed by atoms with E-state index in [1.54, 1.807) is 0 Å². The van der Waals surface area contributed by atoms with E-state index in [9.17, 15) is 0 Å². The summed E-state index contributed by atoms with van der Waals surface area (Å²) in [5.41, 5.74) is 4.80. The highest BCUT2D eigenvalue weighted by atomic mass is 79.9. The number of halogens is 1. The molecule has 2 N–H and O–H groups in total. The summed E-state index contributed by atoms with van der Waals surface area (Å²) in [6.45, 7) is 6.35. The lowest BCUT2D eigenvalue weighted by Gasteiger charge is -2.19. The minimum Gasteiger partial charge on any atom is -0.356 e. The first-order valence-electron chi connectivity index (χ1n) is 6.86. The number of anilines is 1. The van der Waals surface area contributed by atoms with E-state index in [-0.39, 0.29) is 6.04 Å². The van der Waals surface area contributed by atoms with E-state index in [1.165, 1.54) is 16.7 Å². The maximum absolute atomic E-state index is 5.38. The molecule has 0 spiro atoms. The van der Waals surface area contributed by atoms with Crippen LogP contribution in [0.5, 0.6) is 0 Å². The van der Waals surface area contributed by atoms with Crippen molar-refractivity contribution in [2.24, 2.45) is 0 Å². The summed E-state index contributed by atoms with van der Waals surface area (Å²) in [7, 11) is 0. The molecule has 2 aromatic carbocycles. The number of benzene rings is 2. The largest absolute Gasteiger partial charge is 0.356 e. The predicted molar refractivity (Wildman–Crippen MR) is 97.8 cm³/mol. The quantitative estimate of drug-likeness (QED) is 0.741. The van der Waals surface area contributed by atoms with E-state index in [2.05, 4.69) is 65.5 Å². The van der Waals surface area contributed by atoms with Crippen LogP contribution in [-0.4, -0.2) is 5.11 Å². The average Bonchev–Trinajstić information content (AvgIpc) is 2.41. The zero-order valence-corrected chi connectivity index (χ0v) is 14.8. The highest BCUT2D eigenvalue weighted by molar-refractivity contribution is 9.10. The highest BCUT2D eigenvalue weighted by Gasteiger charge is 2.09. The van der Waals surface area contributed by atoms with Gasteiger partial charge in [0.15, 0.2) is 5.11 Å². The number of aryl methyl sites for hydroxylation is 2. The molecular formula is C17H19BrN2S. The average molecular weight is 363 g/mol. The summed E-state index contributed by atoms with van der Waals surface area (Å²) in [6.07, 6.45) is 0. The minimum atomic E-state index is 0.168. The van der Waals surface area contributed by atoms with Crippen molar-refractivity contribution in [2.45, 2.75) is 26.8 Å². The Morgan fingerprint density at radius 3 is 2.38 bits per heavy atom. The second kappa shape index (κ2) is 7.05. The van der Waals surface area contributed by atoms with Crippen molar-refractivity contribution < 1.29 is 0 Å². The number of hydrogen-bond donors (Lipinski definition) is 2. The second-order valence-electron chi connectivity index (χ2n) is 5.19. The van der Waals surface area contributed by atoms with Crippen molar-refractivity contribution in [1.82, 2.24) is 5.32 Å². The van der Waals surface area contributed by atoms with Gasteiger partial charge in [0, 0.05) is 10.2 Å². The Bertz CT molecular complexity index is 638. The van der Waals surface area contributed by atoms with Gasteiger partial charge in [-0.05, 0) is 68.4 Å². The normalized spacial score (nSPS) is 11.8. The van der Waals surface area contributed by atoms with Crippen LogP contribution < -0.4 is 10.6 Å². The monoisotopic (exact) mass is 362 g/mol. The zero-order valence-electron chi connectivity index (χ0n) is 12.4. The molecule has 2 nitrogen and oxygen atoms in total. The molecule has 110 valence electrons. The smallest absolute Gasteiger partial charge is 0.171 e. The number of hydrogen-bond acceptors (Lipinski definition) is 1. The fourth-order valence-electron chi connectivity index (χ4n) is 2.29.